The van der Waals surface area contributed by atoms with Crippen LogP contribution in [0.1, 0.15) is 39.7 Å². The van der Waals surface area contributed by atoms with E-state index in [4.69, 9.17) is 0 Å². The highest BCUT2D eigenvalue weighted by molar-refractivity contribution is 7.07. The Morgan fingerprint density at radius 1 is 1.40 bits per heavy atom. The highest BCUT2D eigenvalue weighted by Crippen LogP contribution is 2.27. The molecule has 15 heavy (non-hydrogen) atoms. The Bertz CT molecular complexity index is 264. The molecule has 1 atom stereocenters. The Labute approximate surface area is 97.9 Å². The van der Waals surface area contributed by atoms with Crippen LogP contribution in [0.5, 0.6) is 0 Å². The summed E-state index contributed by atoms with van der Waals surface area (Å²) in [7, 11) is 0. The van der Waals surface area contributed by atoms with Gasteiger partial charge in [0.2, 0.25) is 0 Å². The van der Waals surface area contributed by atoms with Gasteiger partial charge in [-0.3, -0.25) is 0 Å². The molecule has 0 aliphatic carbocycles. The highest BCUT2D eigenvalue weighted by atomic mass is 32.1. The second-order valence-corrected chi connectivity index (χ2v) is 5.57. The molecular formula is C13H23NS. The van der Waals surface area contributed by atoms with E-state index in [9.17, 15) is 0 Å². The molecule has 86 valence electrons. The first-order valence-corrected chi connectivity index (χ1v) is 6.79. The zero-order chi connectivity index (χ0) is 11.3. The van der Waals surface area contributed by atoms with Crippen molar-refractivity contribution in [3.63, 3.8) is 0 Å². The van der Waals surface area contributed by atoms with Gasteiger partial charge in [0, 0.05) is 6.04 Å². The molecule has 0 radical (unpaired) electrons. The lowest BCUT2D eigenvalue weighted by molar-refractivity contribution is 0.233. The van der Waals surface area contributed by atoms with E-state index in [0.29, 0.717) is 11.5 Å². The summed E-state index contributed by atoms with van der Waals surface area (Å²) >= 11 is 1.79. The van der Waals surface area contributed by atoms with Crippen LogP contribution in [-0.4, -0.2) is 12.6 Å². The molecule has 0 fully saturated rings. The summed E-state index contributed by atoms with van der Waals surface area (Å²) in [6.07, 6.45) is 2.37. The van der Waals surface area contributed by atoms with Gasteiger partial charge in [-0.1, -0.05) is 27.7 Å². The lowest BCUT2D eigenvalue weighted by Gasteiger charge is -2.34. The average Bonchev–Trinajstić information content (AvgIpc) is 2.70. The van der Waals surface area contributed by atoms with Gasteiger partial charge in [-0.2, -0.15) is 11.3 Å². The fourth-order valence-corrected chi connectivity index (χ4v) is 2.44. The number of hydrogen-bond donors (Lipinski definition) is 1. The minimum absolute atomic E-state index is 0.373. The maximum atomic E-state index is 3.62. The van der Waals surface area contributed by atoms with Crippen LogP contribution >= 0.6 is 11.3 Å². The van der Waals surface area contributed by atoms with Crippen LogP contribution in [-0.2, 0) is 6.42 Å². The highest BCUT2D eigenvalue weighted by Gasteiger charge is 2.26. The molecule has 1 aromatic heterocycles. The summed E-state index contributed by atoms with van der Waals surface area (Å²) in [6.45, 7) is 10.2. The third-order valence-corrected chi connectivity index (χ3v) is 4.06. The fourth-order valence-electron chi connectivity index (χ4n) is 1.76. The molecule has 1 N–H and O–H groups in total. The van der Waals surface area contributed by atoms with Crippen LogP contribution in [0.4, 0.5) is 0 Å². The Balaban J connectivity index is 2.66. The molecule has 1 aromatic rings. The van der Waals surface area contributed by atoms with Crippen molar-refractivity contribution in [2.24, 2.45) is 5.41 Å². The maximum absolute atomic E-state index is 3.62. The van der Waals surface area contributed by atoms with Crippen molar-refractivity contribution < 1.29 is 0 Å². The summed E-state index contributed by atoms with van der Waals surface area (Å²) < 4.78 is 0. The van der Waals surface area contributed by atoms with Crippen molar-refractivity contribution in [3.05, 3.63) is 22.4 Å². The van der Waals surface area contributed by atoms with E-state index < -0.39 is 0 Å². The smallest absolute Gasteiger partial charge is 0.0159 e. The molecule has 1 rings (SSSR count). The van der Waals surface area contributed by atoms with Gasteiger partial charge in [0.1, 0.15) is 0 Å². The zero-order valence-corrected chi connectivity index (χ0v) is 11.2. The van der Waals surface area contributed by atoms with E-state index >= 15 is 0 Å². The molecular weight excluding hydrogens is 202 g/mol. The van der Waals surface area contributed by atoms with Crippen molar-refractivity contribution in [1.82, 2.24) is 5.32 Å². The molecule has 1 nitrogen and oxygen atoms in total. The molecule has 0 saturated heterocycles. The minimum atomic E-state index is 0.373. The van der Waals surface area contributed by atoms with Crippen LogP contribution in [0.15, 0.2) is 16.8 Å². The third-order valence-electron chi connectivity index (χ3n) is 3.33. The van der Waals surface area contributed by atoms with Crippen LogP contribution in [0.25, 0.3) is 0 Å². The molecule has 0 aromatic carbocycles. The van der Waals surface area contributed by atoms with Crippen LogP contribution in [0.3, 0.4) is 0 Å². The SMILES string of the molecule is CCNC(Cc1ccsc1)C(C)(C)CC. The van der Waals surface area contributed by atoms with Gasteiger partial charge < -0.3 is 5.32 Å². The summed E-state index contributed by atoms with van der Waals surface area (Å²) in [5.74, 6) is 0. The molecule has 0 spiro atoms. The maximum Gasteiger partial charge on any atom is 0.0159 e. The van der Waals surface area contributed by atoms with Crippen molar-refractivity contribution >= 4 is 11.3 Å². The van der Waals surface area contributed by atoms with Crippen molar-refractivity contribution in [1.29, 1.82) is 0 Å². The van der Waals surface area contributed by atoms with Gasteiger partial charge in [-0.25, -0.2) is 0 Å². The first-order chi connectivity index (χ1) is 7.10. The van der Waals surface area contributed by atoms with Crippen molar-refractivity contribution in [3.8, 4) is 0 Å². The van der Waals surface area contributed by atoms with E-state index in [-0.39, 0.29) is 0 Å². The second kappa shape index (κ2) is 5.66. The summed E-state index contributed by atoms with van der Waals surface area (Å²) in [6, 6.07) is 2.82. The Morgan fingerprint density at radius 2 is 2.13 bits per heavy atom. The first kappa shape index (κ1) is 12.7. The Kier molecular flexibility index (Phi) is 4.81. The fraction of sp³-hybridized carbons (Fsp3) is 0.692. The lowest BCUT2D eigenvalue weighted by atomic mass is 9.79. The molecule has 0 aliphatic heterocycles. The summed E-state index contributed by atoms with van der Waals surface area (Å²) in [4.78, 5) is 0. The monoisotopic (exact) mass is 225 g/mol. The van der Waals surface area contributed by atoms with Crippen LogP contribution in [0, 0.1) is 5.41 Å². The van der Waals surface area contributed by atoms with Crippen LogP contribution < -0.4 is 5.32 Å². The number of hydrogen-bond acceptors (Lipinski definition) is 2. The van der Waals surface area contributed by atoms with Gasteiger partial charge in [0.15, 0.2) is 0 Å². The molecule has 1 heterocycles. The lowest BCUT2D eigenvalue weighted by Crippen LogP contribution is -2.43. The zero-order valence-electron chi connectivity index (χ0n) is 10.3. The van der Waals surface area contributed by atoms with Crippen molar-refractivity contribution in [2.75, 3.05) is 6.54 Å². The average molecular weight is 225 g/mol. The molecule has 0 bridgehead atoms. The van der Waals surface area contributed by atoms with Crippen molar-refractivity contribution in [2.45, 2.75) is 46.6 Å². The van der Waals surface area contributed by atoms with E-state index in [0.717, 1.165) is 13.0 Å². The first-order valence-electron chi connectivity index (χ1n) is 5.84. The molecule has 2 heteroatoms. The standard InChI is InChI=1S/C13H23NS/c1-5-13(3,4)12(14-6-2)9-11-7-8-15-10-11/h7-8,10,12,14H,5-6,9H2,1-4H3. The number of likely N-dealkylation sites (N-methyl/N-ethyl adjacent to an activating group) is 1. The van der Waals surface area contributed by atoms with E-state index in [2.05, 4.69) is 49.8 Å². The van der Waals surface area contributed by atoms with Gasteiger partial charge in [0.05, 0.1) is 0 Å². The normalized spacial score (nSPS) is 14.1. The Morgan fingerprint density at radius 3 is 2.60 bits per heavy atom. The third kappa shape index (κ3) is 3.62. The minimum Gasteiger partial charge on any atom is -0.313 e. The predicted molar refractivity (Wildman–Crippen MR) is 69.6 cm³/mol. The number of thiophene rings is 1. The van der Waals surface area contributed by atoms with Crippen LogP contribution in [0.2, 0.25) is 0 Å². The predicted octanol–water partition coefficient (Wildman–Crippen LogP) is 3.70. The summed E-state index contributed by atoms with van der Waals surface area (Å²) in [5, 5.41) is 8.04. The van der Waals surface area contributed by atoms with Gasteiger partial charge in [-0.05, 0) is 47.2 Å². The molecule has 0 amide bonds. The Hall–Kier alpha value is -0.340. The van der Waals surface area contributed by atoms with Gasteiger partial charge >= 0.3 is 0 Å². The van der Waals surface area contributed by atoms with Gasteiger partial charge in [0.25, 0.3) is 0 Å². The number of nitrogens with one attached hydrogen (secondary N) is 1. The number of rotatable bonds is 6. The largest absolute Gasteiger partial charge is 0.313 e. The van der Waals surface area contributed by atoms with E-state index in [1.165, 1.54) is 12.0 Å². The van der Waals surface area contributed by atoms with E-state index in [1.54, 1.807) is 11.3 Å². The van der Waals surface area contributed by atoms with Gasteiger partial charge in [-0.15, -0.1) is 0 Å². The summed E-state index contributed by atoms with van der Waals surface area (Å²) in [5.41, 5.74) is 1.84. The molecule has 0 aliphatic rings. The molecule has 0 saturated carbocycles. The van der Waals surface area contributed by atoms with E-state index in [1.807, 2.05) is 0 Å². The topological polar surface area (TPSA) is 12.0 Å². The quantitative estimate of drug-likeness (QED) is 0.778. The molecule has 1 unspecified atom stereocenters. The second-order valence-electron chi connectivity index (χ2n) is 4.79.